The summed E-state index contributed by atoms with van der Waals surface area (Å²) in [4.78, 5) is 11.9. The van der Waals surface area contributed by atoms with E-state index < -0.39 is 0 Å². The Bertz CT molecular complexity index is 254. The number of hydrogen-bond acceptors (Lipinski definition) is 3. The van der Waals surface area contributed by atoms with E-state index in [1.54, 1.807) is 0 Å². The van der Waals surface area contributed by atoms with Gasteiger partial charge in [0.1, 0.15) is 0 Å². The van der Waals surface area contributed by atoms with E-state index in [9.17, 15) is 4.79 Å². The summed E-state index contributed by atoms with van der Waals surface area (Å²) in [7, 11) is 0. The van der Waals surface area contributed by atoms with E-state index in [0.29, 0.717) is 17.7 Å². The van der Waals surface area contributed by atoms with Crippen LogP contribution in [0.1, 0.15) is 38.5 Å². The van der Waals surface area contributed by atoms with E-state index in [2.05, 4.69) is 16.9 Å². The molecule has 0 bridgehead atoms. The highest BCUT2D eigenvalue weighted by Gasteiger charge is 2.27. The monoisotopic (exact) mass is 256 g/mol. The highest BCUT2D eigenvalue weighted by Crippen LogP contribution is 2.28. The molecule has 0 spiro atoms. The number of nitrogens with one attached hydrogen (secondary N) is 2. The average Bonchev–Trinajstić information content (AvgIpc) is 2.97. The minimum Gasteiger partial charge on any atom is -0.352 e. The zero-order valence-electron chi connectivity index (χ0n) is 10.7. The molecule has 3 atom stereocenters. The molecule has 3 nitrogen and oxygen atoms in total. The summed E-state index contributed by atoms with van der Waals surface area (Å²) in [6.07, 6.45) is 8.85. The number of carbonyl (C=O) groups excluding carboxylic acids is 1. The van der Waals surface area contributed by atoms with Crippen molar-refractivity contribution in [2.75, 3.05) is 19.3 Å². The van der Waals surface area contributed by atoms with Crippen molar-refractivity contribution in [1.82, 2.24) is 10.6 Å². The minimum atomic E-state index is 0.267. The fourth-order valence-electron chi connectivity index (χ4n) is 2.95. The third-order valence-electron chi connectivity index (χ3n) is 4.04. The Labute approximate surface area is 108 Å². The van der Waals surface area contributed by atoms with Crippen LogP contribution in [-0.4, -0.2) is 36.5 Å². The third kappa shape index (κ3) is 3.88. The quantitative estimate of drug-likeness (QED) is 0.788. The second-order valence-electron chi connectivity index (χ2n) is 5.28. The largest absolute Gasteiger partial charge is 0.352 e. The van der Waals surface area contributed by atoms with Gasteiger partial charge >= 0.3 is 0 Å². The number of hydrogen-bond donors (Lipinski definition) is 2. The van der Waals surface area contributed by atoms with Crippen LogP contribution in [-0.2, 0) is 4.79 Å². The van der Waals surface area contributed by atoms with Crippen LogP contribution in [0, 0.1) is 5.92 Å². The van der Waals surface area contributed by atoms with Gasteiger partial charge in [0.05, 0.1) is 0 Å². The first-order chi connectivity index (χ1) is 8.29. The van der Waals surface area contributed by atoms with E-state index in [0.717, 1.165) is 25.4 Å². The first-order valence-electron chi connectivity index (χ1n) is 6.82. The van der Waals surface area contributed by atoms with E-state index in [-0.39, 0.29) is 5.91 Å². The zero-order chi connectivity index (χ0) is 12.1. The molecule has 1 saturated carbocycles. The molecule has 0 radical (unpaired) electrons. The third-order valence-corrected chi connectivity index (χ3v) is 5.21. The number of carbonyl (C=O) groups is 1. The predicted molar refractivity (Wildman–Crippen MR) is 73.3 cm³/mol. The van der Waals surface area contributed by atoms with E-state index in [1.165, 1.54) is 25.7 Å². The lowest BCUT2D eigenvalue weighted by molar-refractivity contribution is -0.122. The molecule has 1 aliphatic heterocycles. The van der Waals surface area contributed by atoms with Crippen LogP contribution in [0.4, 0.5) is 0 Å². The first kappa shape index (κ1) is 13.2. The van der Waals surface area contributed by atoms with Gasteiger partial charge in [0, 0.05) is 17.7 Å². The first-order valence-corrected chi connectivity index (χ1v) is 8.11. The number of thioether (sulfide) groups is 1. The van der Waals surface area contributed by atoms with Gasteiger partial charge in [0.25, 0.3) is 0 Å². The van der Waals surface area contributed by atoms with E-state index in [1.807, 2.05) is 11.8 Å². The summed E-state index contributed by atoms with van der Waals surface area (Å²) in [5.41, 5.74) is 0. The summed E-state index contributed by atoms with van der Waals surface area (Å²) in [5.74, 6) is 0.989. The molecular formula is C13H24N2OS. The summed E-state index contributed by atoms with van der Waals surface area (Å²) < 4.78 is 0. The molecule has 1 amide bonds. The van der Waals surface area contributed by atoms with Gasteiger partial charge in [-0.25, -0.2) is 0 Å². The van der Waals surface area contributed by atoms with Gasteiger partial charge in [-0.2, -0.15) is 11.8 Å². The second-order valence-corrected chi connectivity index (χ2v) is 6.35. The fraction of sp³-hybridized carbons (Fsp3) is 0.923. The van der Waals surface area contributed by atoms with Crippen molar-refractivity contribution in [2.45, 2.75) is 49.8 Å². The van der Waals surface area contributed by atoms with Crippen molar-refractivity contribution in [2.24, 2.45) is 5.92 Å². The maximum absolute atomic E-state index is 11.9. The maximum atomic E-state index is 11.9. The standard InChI is InChI=1S/C13H24N2OS/c1-17-12-4-2-3-11(12)15-13(16)6-5-10-7-8-14-9-10/h10-12,14H,2-9H2,1H3,(H,15,16). The predicted octanol–water partition coefficient (Wildman–Crippen LogP) is 1.78. The average molecular weight is 256 g/mol. The van der Waals surface area contributed by atoms with Gasteiger partial charge in [-0.05, 0) is 50.9 Å². The van der Waals surface area contributed by atoms with Crippen molar-refractivity contribution in [3.8, 4) is 0 Å². The smallest absolute Gasteiger partial charge is 0.220 e. The molecular weight excluding hydrogens is 232 g/mol. The van der Waals surface area contributed by atoms with Crippen LogP contribution >= 0.6 is 11.8 Å². The molecule has 2 fully saturated rings. The van der Waals surface area contributed by atoms with Gasteiger partial charge < -0.3 is 10.6 Å². The Morgan fingerprint density at radius 1 is 1.41 bits per heavy atom. The molecule has 1 saturated heterocycles. The Hall–Kier alpha value is -0.220. The van der Waals surface area contributed by atoms with Crippen molar-refractivity contribution in [1.29, 1.82) is 0 Å². The maximum Gasteiger partial charge on any atom is 0.220 e. The van der Waals surface area contributed by atoms with Gasteiger partial charge in [-0.3, -0.25) is 4.79 Å². The second kappa shape index (κ2) is 6.64. The van der Waals surface area contributed by atoms with Gasteiger partial charge in [0.15, 0.2) is 0 Å². The molecule has 0 aromatic carbocycles. The lowest BCUT2D eigenvalue weighted by Gasteiger charge is -2.19. The van der Waals surface area contributed by atoms with Gasteiger partial charge in [-0.15, -0.1) is 0 Å². The lowest BCUT2D eigenvalue weighted by Crippen LogP contribution is -2.38. The van der Waals surface area contributed by atoms with Crippen LogP contribution in [0.2, 0.25) is 0 Å². The van der Waals surface area contributed by atoms with Crippen LogP contribution in [0.25, 0.3) is 0 Å². The Balaban J connectivity index is 1.65. The number of amides is 1. The molecule has 2 rings (SSSR count). The Kier molecular flexibility index (Phi) is 5.16. The Morgan fingerprint density at radius 2 is 2.29 bits per heavy atom. The van der Waals surface area contributed by atoms with Crippen molar-refractivity contribution < 1.29 is 4.79 Å². The van der Waals surface area contributed by atoms with Gasteiger partial charge in [0.2, 0.25) is 5.91 Å². The number of rotatable bonds is 5. The van der Waals surface area contributed by atoms with Crippen molar-refractivity contribution in [3.05, 3.63) is 0 Å². The normalized spacial score (nSPS) is 32.9. The fourth-order valence-corrected chi connectivity index (χ4v) is 3.88. The highest BCUT2D eigenvalue weighted by molar-refractivity contribution is 7.99. The molecule has 0 aromatic rings. The molecule has 2 N–H and O–H groups in total. The highest BCUT2D eigenvalue weighted by atomic mass is 32.2. The van der Waals surface area contributed by atoms with Crippen molar-refractivity contribution >= 4 is 17.7 Å². The summed E-state index contributed by atoms with van der Waals surface area (Å²) in [6, 6.07) is 0.430. The van der Waals surface area contributed by atoms with Gasteiger partial charge in [-0.1, -0.05) is 6.42 Å². The summed E-state index contributed by atoms with van der Waals surface area (Å²) in [6.45, 7) is 2.23. The van der Waals surface area contributed by atoms with Crippen molar-refractivity contribution in [3.63, 3.8) is 0 Å². The van der Waals surface area contributed by atoms with E-state index >= 15 is 0 Å². The van der Waals surface area contributed by atoms with Crippen LogP contribution in [0.5, 0.6) is 0 Å². The molecule has 17 heavy (non-hydrogen) atoms. The zero-order valence-corrected chi connectivity index (χ0v) is 11.5. The molecule has 3 unspecified atom stereocenters. The topological polar surface area (TPSA) is 41.1 Å². The summed E-state index contributed by atoms with van der Waals surface area (Å²) in [5, 5.41) is 7.22. The molecule has 1 aliphatic carbocycles. The van der Waals surface area contributed by atoms with Crippen LogP contribution < -0.4 is 10.6 Å². The summed E-state index contributed by atoms with van der Waals surface area (Å²) >= 11 is 1.90. The Morgan fingerprint density at radius 3 is 3.00 bits per heavy atom. The molecule has 1 heterocycles. The SMILES string of the molecule is CSC1CCCC1NC(=O)CCC1CCNC1. The van der Waals surface area contributed by atoms with E-state index in [4.69, 9.17) is 0 Å². The molecule has 2 aliphatic rings. The molecule has 98 valence electrons. The molecule has 0 aromatic heterocycles. The van der Waals surface area contributed by atoms with Crippen LogP contribution in [0.15, 0.2) is 0 Å². The molecule has 4 heteroatoms. The van der Waals surface area contributed by atoms with Crippen LogP contribution in [0.3, 0.4) is 0 Å². The lowest BCUT2D eigenvalue weighted by atomic mass is 10.0. The minimum absolute atomic E-state index is 0.267.